The maximum Gasteiger partial charge on any atom is 0.239 e. The van der Waals surface area contributed by atoms with Gasteiger partial charge < -0.3 is 15.5 Å². The van der Waals surface area contributed by atoms with Gasteiger partial charge in [0.05, 0.1) is 6.54 Å². The Labute approximate surface area is 122 Å². The average Bonchev–Trinajstić information content (AvgIpc) is 2.47. The molecule has 0 fully saturated rings. The predicted molar refractivity (Wildman–Crippen MR) is 86.4 cm³/mol. The van der Waals surface area contributed by atoms with Gasteiger partial charge in [-0.3, -0.25) is 4.79 Å². The second-order valence-corrected chi connectivity index (χ2v) is 4.95. The number of rotatable bonds is 8. The monoisotopic (exact) mass is 277 g/mol. The van der Waals surface area contributed by atoms with E-state index in [1.807, 2.05) is 19.1 Å². The van der Waals surface area contributed by atoms with Gasteiger partial charge in [0.15, 0.2) is 0 Å². The molecule has 0 aliphatic carbocycles. The largest absolute Gasteiger partial charge is 0.376 e. The van der Waals surface area contributed by atoms with Crippen LogP contribution in [0.2, 0.25) is 0 Å². The van der Waals surface area contributed by atoms with Gasteiger partial charge in [-0.25, -0.2) is 0 Å². The van der Waals surface area contributed by atoms with Gasteiger partial charge in [-0.05, 0) is 51.5 Å². The molecule has 0 radical (unpaired) electrons. The zero-order chi connectivity index (χ0) is 15.0. The molecule has 0 spiro atoms. The van der Waals surface area contributed by atoms with Gasteiger partial charge in [-0.1, -0.05) is 6.92 Å². The number of hydrogen-bond donors (Lipinski definition) is 2. The Morgan fingerprint density at radius 3 is 2.25 bits per heavy atom. The standard InChI is InChI=1S/C16H27N3O/c1-5-13(4)18-16(20)12-17-14-8-10-15(11-9-14)19(6-2)7-3/h8-11,13,17H,5-7,12H2,1-4H3,(H,18,20). The normalized spacial score (nSPS) is 11.8. The maximum atomic E-state index is 11.7. The Kier molecular flexibility index (Phi) is 6.91. The third kappa shape index (κ3) is 5.11. The first kappa shape index (κ1) is 16.3. The molecule has 20 heavy (non-hydrogen) atoms. The average molecular weight is 277 g/mol. The van der Waals surface area contributed by atoms with Crippen LogP contribution in [-0.4, -0.2) is 31.6 Å². The van der Waals surface area contributed by atoms with E-state index in [-0.39, 0.29) is 11.9 Å². The summed E-state index contributed by atoms with van der Waals surface area (Å²) in [6.45, 7) is 10.7. The van der Waals surface area contributed by atoms with E-state index in [9.17, 15) is 4.79 Å². The second kappa shape index (κ2) is 8.46. The molecule has 4 heteroatoms. The highest BCUT2D eigenvalue weighted by Gasteiger charge is 2.05. The number of carbonyl (C=O) groups is 1. The van der Waals surface area contributed by atoms with Crippen molar-refractivity contribution in [2.24, 2.45) is 0 Å². The van der Waals surface area contributed by atoms with Gasteiger partial charge >= 0.3 is 0 Å². The van der Waals surface area contributed by atoms with Gasteiger partial charge in [0, 0.05) is 30.5 Å². The summed E-state index contributed by atoms with van der Waals surface area (Å²) in [5.74, 6) is 0.0344. The lowest BCUT2D eigenvalue weighted by atomic mass is 10.2. The summed E-state index contributed by atoms with van der Waals surface area (Å²) >= 11 is 0. The molecule has 0 saturated carbocycles. The van der Waals surface area contributed by atoms with Crippen LogP contribution < -0.4 is 15.5 Å². The summed E-state index contributed by atoms with van der Waals surface area (Å²) < 4.78 is 0. The molecule has 1 aromatic carbocycles. The van der Waals surface area contributed by atoms with Gasteiger partial charge in [-0.2, -0.15) is 0 Å². The molecule has 1 rings (SSSR count). The third-order valence-corrected chi connectivity index (χ3v) is 3.47. The highest BCUT2D eigenvalue weighted by atomic mass is 16.1. The van der Waals surface area contributed by atoms with E-state index < -0.39 is 0 Å². The SMILES string of the molecule is CCC(C)NC(=O)CNc1ccc(N(CC)CC)cc1. The fraction of sp³-hybridized carbons (Fsp3) is 0.562. The zero-order valence-electron chi connectivity index (χ0n) is 13.1. The minimum atomic E-state index is 0.0344. The fourth-order valence-electron chi connectivity index (χ4n) is 1.99. The van der Waals surface area contributed by atoms with E-state index in [0.29, 0.717) is 6.54 Å². The highest BCUT2D eigenvalue weighted by Crippen LogP contribution is 2.17. The van der Waals surface area contributed by atoms with Crippen LogP contribution in [0.15, 0.2) is 24.3 Å². The van der Waals surface area contributed by atoms with Crippen molar-refractivity contribution in [1.29, 1.82) is 0 Å². The summed E-state index contributed by atoms with van der Waals surface area (Å²) in [6.07, 6.45) is 0.949. The van der Waals surface area contributed by atoms with Gasteiger partial charge in [0.1, 0.15) is 0 Å². The quantitative estimate of drug-likeness (QED) is 0.768. The lowest BCUT2D eigenvalue weighted by molar-refractivity contribution is -0.120. The lowest BCUT2D eigenvalue weighted by Gasteiger charge is -2.21. The molecule has 0 aliphatic heterocycles. The molecule has 0 bridgehead atoms. The Hall–Kier alpha value is -1.71. The van der Waals surface area contributed by atoms with E-state index in [1.54, 1.807) is 0 Å². The van der Waals surface area contributed by atoms with Crippen molar-refractivity contribution < 1.29 is 4.79 Å². The van der Waals surface area contributed by atoms with Crippen molar-refractivity contribution in [2.45, 2.75) is 40.2 Å². The highest BCUT2D eigenvalue weighted by molar-refractivity contribution is 5.81. The second-order valence-electron chi connectivity index (χ2n) is 4.95. The van der Waals surface area contributed by atoms with E-state index in [0.717, 1.165) is 25.2 Å². The molecule has 4 nitrogen and oxygen atoms in total. The first-order valence-corrected chi connectivity index (χ1v) is 7.48. The maximum absolute atomic E-state index is 11.7. The number of benzene rings is 1. The topological polar surface area (TPSA) is 44.4 Å². The summed E-state index contributed by atoms with van der Waals surface area (Å²) in [6, 6.07) is 8.44. The number of carbonyl (C=O) groups excluding carboxylic acids is 1. The Balaban J connectivity index is 2.47. The molecule has 0 saturated heterocycles. The Morgan fingerprint density at radius 2 is 1.75 bits per heavy atom. The van der Waals surface area contributed by atoms with Crippen LogP contribution in [0.4, 0.5) is 11.4 Å². The van der Waals surface area contributed by atoms with E-state index in [4.69, 9.17) is 0 Å². The summed E-state index contributed by atoms with van der Waals surface area (Å²) in [7, 11) is 0. The summed E-state index contributed by atoms with van der Waals surface area (Å²) in [5.41, 5.74) is 2.19. The lowest BCUT2D eigenvalue weighted by Crippen LogP contribution is -2.36. The first-order chi connectivity index (χ1) is 9.60. The number of nitrogens with one attached hydrogen (secondary N) is 2. The smallest absolute Gasteiger partial charge is 0.239 e. The van der Waals surface area contributed by atoms with Crippen LogP contribution in [0.25, 0.3) is 0 Å². The van der Waals surface area contributed by atoms with Crippen LogP contribution in [-0.2, 0) is 4.79 Å². The molecule has 112 valence electrons. The van der Waals surface area contributed by atoms with Crippen LogP contribution in [0, 0.1) is 0 Å². The molecule has 1 aromatic rings. The van der Waals surface area contributed by atoms with E-state index in [1.165, 1.54) is 5.69 Å². The molecule has 2 N–H and O–H groups in total. The minimum Gasteiger partial charge on any atom is -0.376 e. The first-order valence-electron chi connectivity index (χ1n) is 7.48. The number of hydrogen-bond acceptors (Lipinski definition) is 3. The zero-order valence-corrected chi connectivity index (χ0v) is 13.1. The van der Waals surface area contributed by atoms with E-state index >= 15 is 0 Å². The molecule has 0 aliphatic rings. The molecule has 1 atom stereocenters. The fourth-order valence-corrected chi connectivity index (χ4v) is 1.99. The van der Waals surface area contributed by atoms with Gasteiger partial charge in [0.25, 0.3) is 0 Å². The molecular weight excluding hydrogens is 250 g/mol. The van der Waals surface area contributed by atoms with Gasteiger partial charge in [0.2, 0.25) is 5.91 Å². The molecule has 1 unspecified atom stereocenters. The molecular formula is C16H27N3O. The van der Waals surface area contributed by atoms with Crippen LogP contribution >= 0.6 is 0 Å². The van der Waals surface area contributed by atoms with Crippen LogP contribution in [0.3, 0.4) is 0 Å². The predicted octanol–water partition coefficient (Wildman–Crippen LogP) is 2.86. The Morgan fingerprint density at radius 1 is 1.15 bits per heavy atom. The third-order valence-electron chi connectivity index (χ3n) is 3.47. The van der Waals surface area contributed by atoms with Crippen molar-refractivity contribution in [3.05, 3.63) is 24.3 Å². The minimum absolute atomic E-state index is 0.0344. The summed E-state index contributed by atoms with van der Waals surface area (Å²) in [5, 5.41) is 6.08. The number of amides is 1. The van der Waals surface area contributed by atoms with Crippen molar-refractivity contribution >= 4 is 17.3 Å². The molecule has 0 heterocycles. The molecule has 0 aromatic heterocycles. The van der Waals surface area contributed by atoms with Crippen LogP contribution in [0.1, 0.15) is 34.1 Å². The van der Waals surface area contributed by atoms with E-state index in [2.05, 4.69) is 48.4 Å². The Bertz CT molecular complexity index is 399. The van der Waals surface area contributed by atoms with Crippen molar-refractivity contribution in [3.8, 4) is 0 Å². The van der Waals surface area contributed by atoms with Crippen molar-refractivity contribution in [3.63, 3.8) is 0 Å². The van der Waals surface area contributed by atoms with Crippen LogP contribution in [0.5, 0.6) is 0 Å². The van der Waals surface area contributed by atoms with Gasteiger partial charge in [-0.15, -0.1) is 0 Å². The number of nitrogens with zero attached hydrogens (tertiary/aromatic N) is 1. The van der Waals surface area contributed by atoms with Crippen molar-refractivity contribution in [2.75, 3.05) is 29.9 Å². The summed E-state index contributed by atoms with van der Waals surface area (Å²) in [4.78, 5) is 14.0. The van der Waals surface area contributed by atoms with Crippen molar-refractivity contribution in [1.82, 2.24) is 5.32 Å². The molecule has 1 amide bonds. The number of anilines is 2.